The number of hydrogen-bond acceptors (Lipinski definition) is 5. The van der Waals surface area contributed by atoms with Gasteiger partial charge in [0.25, 0.3) is 0 Å². The second-order valence-corrected chi connectivity index (χ2v) is 5.69. The summed E-state index contributed by atoms with van der Waals surface area (Å²) in [4.78, 5) is 10.7. The molecule has 3 N–H and O–H groups in total. The number of sulfonamides is 1. The Morgan fingerprint density at radius 2 is 2.05 bits per heavy atom. The zero-order valence-electron chi connectivity index (χ0n) is 10.8. The molecule has 1 rings (SSSR count). The van der Waals surface area contributed by atoms with Gasteiger partial charge in [0, 0.05) is 13.2 Å². The topological polar surface area (TPSA) is 113 Å². The Labute approximate surface area is 117 Å². The smallest absolute Gasteiger partial charge is 0.335 e. The molecule has 0 fully saturated rings. The molecule has 0 radical (unpaired) electrons. The van der Waals surface area contributed by atoms with E-state index in [0.29, 0.717) is 13.0 Å². The van der Waals surface area contributed by atoms with Gasteiger partial charge in [-0.2, -0.15) is 0 Å². The monoisotopic (exact) mass is 303 g/mol. The Morgan fingerprint density at radius 1 is 1.30 bits per heavy atom. The summed E-state index contributed by atoms with van der Waals surface area (Å²) in [6, 6.07) is 5.14. The zero-order chi connectivity index (χ0) is 15.0. The SMILES string of the molecule is O=C(O)c1cccc(S(=O)(=O)NCCCOCCO)c1. The molecule has 0 aromatic heterocycles. The fraction of sp³-hybridized carbons (Fsp3) is 0.417. The van der Waals surface area contributed by atoms with E-state index in [0.717, 1.165) is 6.07 Å². The first-order valence-corrected chi connectivity index (χ1v) is 7.47. The van der Waals surface area contributed by atoms with Gasteiger partial charge in [-0.15, -0.1) is 0 Å². The predicted molar refractivity (Wildman–Crippen MR) is 71.1 cm³/mol. The molecule has 8 heteroatoms. The largest absolute Gasteiger partial charge is 0.478 e. The molecule has 0 saturated heterocycles. The van der Waals surface area contributed by atoms with E-state index in [1.54, 1.807) is 0 Å². The molecule has 20 heavy (non-hydrogen) atoms. The van der Waals surface area contributed by atoms with Crippen molar-refractivity contribution in [3.8, 4) is 0 Å². The fourth-order valence-corrected chi connectivity index (χ4v) is 2.55. The number of benzene rings is 1. The number of aliphatic hydroxyl groups excluding tert-OH is 1. The lowest BCUT2D eigenvalue weighted by Gasteiger charge is -2.07. The lowest BCUT2D eigenvalue weighted by atomic mass is 10.2. The molecule has 0 aliphatic rings. The van der Waals surface area contributed by atoms with Crippen LogP contribution in [0.3, 0.4) is 0 Å². The van der Waals surface area contributed by atoms with Crippen molar-refractivity contribution in [3.63, 3.8) is 0 Å². The zero-order valence-corrected chi connectivity index (χ0v) is 11.6. The molecule has 0 unspecified atom stereocenters. The molecule has 0 atom stereocenters. The summed E-state index contributed by atoms with van der Waals surface area (Å²) in [6.07, 6.45) is 0.456. The van der Waals surface area contributed by atoms with Crippen LogP contribution in [0, 0.1) is 0 Å². The van der Waals surface area contributed by atoms with Gasteiger partial charge in [0.2, 0.25) is 10.0 Å². The van der Waals surface area contributed by atoms with Gasteiger partial charge in [0.1, 0.15) is 0 Å². The lowest BCUT2D eigenvalue weighted by molar-refractivity contribution is 0.0696. The van der Waals surface area contributed by atoms with Crippen LogP contribution < -0.4 is 4.72 Å². The first kappa shape index (κ1) is 16.6. The molecule has 1 aromatic rings. The van der Waals surface area contributed by atoms with Crippen LogP contribution in [-0.2, 0) is 14.8 Å². The molecule has 1 aromatic carbocycles. The number of carboxylic acids is 1. The highest BCUT2D eigenvalue weighted by atomic mass is 32.2. The fourth-order valence-electron chi connectivity index (χ4n) is 1.43. The third-order valence-corrected chi connectivity index (χ3v) is 3.84. The average Bonchev–Trinajstić information content (AvgIpc) is 2.43. The number of aliphatic hydroxyl groups is 1. The van der Waals surface area contributed by atoms with Crippen molar-refractivity contribution < 1.29 is 28.2 Å². The van der Waals surface area contributed by atoms with Gasteiger partial charge in [-0.25, -0.2) is 17.9 Å². The summed E-state index contributed by atoms with van der Waals surface area (Å²) in [6.45, 7) is 0.643. The number of ether oxygens (including phenoxy) is 1. The number of nitrogens with one attached hydrogen (secondary N) is 1. The molecule has 0 heterocycles. The first-order chi connectivity index (χ1) is 9.47. The number of hydrogen-bond donors (Lipinski definition) is 3. The van der Waals surface area contributed by atoms with Crippen molar-refractivity contribution in [3.05, 3.63) is 29.8 Å². The van der Waals surface area contributed by atoms with Crippen LogP contribution in [0.25, 0.3) is 0 Å². The van der Waals surface area contributed by atoms with E-state index in [9.17, 15) is 13.2 Å². The maximum atomic E-state index is 11.9. The molecule has 7 nitrogen and oxygen atoms in total. The quantitative estimate of drug-likeness (QED) is 0.556. The highest BCUT2D eigenvalue weighted by Crippen LogP contribution is 2.11. The Morgan fingerprint density at radius 3 is 2.70 bits per heavy atom. The van der Waals surface area contributed by atoms with E-state index < -0.39 is 16.0 Å². The van der Waals surface area contributed by atoms with Crippen molar-refractivity contribution in [2.75, 3.05) is 26.4 Å². The minimum absolute atomic E-state index is 0.0757. The van der Waals surface area contributed by atoms with Crippen LogP contribution in [-0.4, -0.2) is 51.0 Å². The molecule has 112 valence electrons. The Kier molecular flexibility index (Phi) is 6.59. The maximum absolute atomic E-state index is 11.9. The number of rotatable bonds is 9. The van der Waals surface area contributed by atoms with Gasteiger partial charge in [-0.05, 0) is 24.6 Å². The molecular weight excluding hydrogens is 286 g/mol. The van der Waals surface area contributed by atoms with Crippen LogP contribution in [0.2, 0.25) is 0 Å². The summed E-state index contributed by atoms with van der Waals surface area (Å²) < 4.78 is 31.2. The van der Waals surface area contributed by atoms with E-state index in [2.05, 4.69) is 4.72 Å². The average molecular weight is 303 g/mol. The standard InChI is InChI=1S/C12H17NO6S/c14-6-8-19-7-2-5-13-20(17,18)11-4-1-3-10(9-11)12(15)16/h1,3-4,9,13-14H,2,5-8H2,(H,15,16). The van der Waals surface area contributed by atoms with Crippen LogP contribution >= 0.6 is 0 Å². The minimum Gasteiger partial charge on any atom is -0.478 e. The van der Waals surface area contributed by atoms with Gasteiger partial charge in [-0.3, -0.25) is 0 Å². The Bertz CT molecular complexity index is 543. The molecule has 0 amide bonds. The molecule has 0 saturated carbocycles. The van der Waals surface area contributed by atoms with Gasteiger partial charge >= 0.3 is 5.97 Å². The van der Waals surface area contributed by atoms with Crippen molar-refractivity contribution in [1.82, 2.24) is 4.72 Å². The van der Waals surface area contributed by atoms with Crippen molar-refractivity contribution >= 4 is 16.0 Å². The number of carboxylic acid groups (broad SMARTS) is 1. The molecule has 0 spiro atoms. The molecule has 0 aliphatic carbocycles. The van der Waals surface area contributed by atoms with E-state index in [4.69, 9.17) is 14.9 Å². The van der Waals surface area contributed by atoms with E-state index in [1.165, 1.54) is 18.2 Å². The summed E-state index contributed by atoms with van der Waals surface area (Å²) in [5.74, 6) is -1.18. The first-order valence-electron chi connectivity index (χ1n) is 5.99. The van der Waals surface area contributed by atoms with Gasteiger partial charge in [-0.1, -0.05) is 6.07 Å². The van der Waals surface area contributed by atoms with Gasteiger partial charge < -0.3 is 14.9 Å². The predicted octanol–water partition coefficient (Wildman–Crippen LogP) is 0.0621. The highest BCUT2D eigenvalue weighted by molar-refractivity contribution is 7.89. The molecule has 0 aliphatic heterocycles. The summed E-state index contributed by atoms with van der Waals surface area (Å²) in [7, 11) is -3.73. The Hall–Kier alpha value is -1.48. The number of aromatic carboxylic acids is 1. The normalized spacial score (nSPS) is 11.4. The highest BCUT2D eigenvalue weighted by Gasteiger charge is 2.15. The minimum atomic E-state index is -3.73. The van der Waals surface area contributed by atoms with Crippen molar-refractivity contribution in [1.29, 1.82) is 0 Å². The number of carbonyl (C=O) groups is 1. The van der Waals surface area contributed by atoms with Crippen molar-refractivity contribution in [2.45, 2.75) is 11.3 Å². The van der Waals surface area contributed by atoms with Gasteiger partial charge in [0.05, 0.1) is 23.7 Å². The third kappa shape index (κ3) is 5.25. The second-order valence-electron chi connectivity index (χ2n) is 3.92. The van der Waals surface area contributed by atoms with Crippen LogP contribution in [0.15, 0.2) is 29.2 Å². The van der Waals surface area contributed by atoms with E-state index in [1.807, 2.05) is 0 Å². The van der Waals surface area contributed by atoms with Gasteiger partial charge in [0.15, 0.2) is 0 Å². The van der Waals surface area contributed by atoms with E-state index in [-0.39, 0.29) is 30.2 Å². The van der Waals surface area contributed by atoms with Crippen LogP contribution in [0.1, 0.15) is 16.8 Å². The van der Waals surface area contributed by atoms with Crippen LogP contribution in [0.5, 0.6) is 0 Å². The van der Waals surface area contributed by atoms with E-state index >= 15 is 0 Å². The third-order valence-electron chi connectivity index (χ3n) is 2.38. The van der Waals surface area contributed by atoms with Crippen LogP contribution in [0.4, 0.5) is 0 Å². The Balaban J connectivity index is 2.56. The second kappa shape index (κ2) is 7.95. The molecule has 0 bridgehead atoms. The lowest BCUT2D eigenvalue weighted by Crippen LogP contribution is -2.26. The van der Waals surface area contributed by atoms with Crippen molar-refractivity contribution in [2.24, 2.45) is 0 Å². The summed E-state index contributed by atoms with van der Waals surface area (Å²) in [5, 5.41) is 17.3. The molecular formula is C12H17NO6S. The maximum Gasteiger partial charge on any atom is 0.335 e. The summed E-state index contributed by atoms with van der Waals surface area (Å²) >= 11 is 0. The summed E-state index contributed by atoms with van der Waals surface area (Å²) in [5.41, 5.74) is -0.0841.